The van der Waals surface area contributed by atoms with E-state index in [1.165, 1.54) is 4.57 Å². The Morgan fingerprint density at radius 1 is 0.818 bits per heavy atom. The van der Waals surface area contributed by atoms with Crippen LogP contribution in [0.4, 0.5) is 0 Å². The first kappa shape index (κ1) is 20.7. The van der Waals surface area contributed by atoms with Crippen molar-refractivity contribution in [2.75, 3.05) is 0 Å². The number of fused-ring (bicyclic) bond motifs is 1. The zero-order valence-electron chi connectivity index (χ0n) is 18.6. The molecule has 2 heterocycles. The Bertz CT molecular complexity index is 1580. The van der Waals surface area contributed by atoms with Crippen LogP contribution in [0.25, 0.3) is 16.9 Å². The highest BCUT2D eigenvalue weighted by Gasteiger charge is 2.20. The van der Waals surface area contributed by atoms with Gasteiger partial charge in [-0.25, -0.2) is 14.3 Å². The molecule has 3 aromatic carbocycles. The first-order valence-corrected chi connectivity index (χ1v) is 10.9. The minimum atomic E-state index is -0.400. The molecule has 164 valence electrons. The number of aryl methyl sites for hydroxylation is 2. The highest BCUT2D eigenvalue weighted by atomic mass is 16.2. The van der Waals surface area contributed by atoms with Gasteiger partial charge in [-0.1, -0.05) is 66.7 Å². The van der Waals surface area contributed by atoms with Gasteiger partial charge in [0.05, 0.1) is 18.6 Å². The Labute approximate surface area is 191 Å². The van der Waals surface area contributed by atoms with Crippen molar-refractivity contribution < 1.29 is 0 Å². The number of aromatic nitrogens is 4. The Morgan fingerprint density at radius 2 is 1.58 bits per heavy atom. The van der Waals surface area contributed by atoms with Crippen LogP contribution in [0.2, 0.25) is 0 Å². The van der Waals surface area contributed by atoms with Crippen LogP contribution in [0.5, 0.6) is 0 Å². The average Bonchev–Trinajstić information content (AvgIpc) is 3.22. The van der Waals surface area contributed by atoms with Crippen molar-refractivity contribution in [2.24, 2.45) is 0 Å². The van der Waals surface area contributed by atoms with Gasteiger partial charge in [0, 0.05) is 6.54 Å². The molecule has 6 heteroatoms. The van der Waals surface area contributed by atoms with Crippen LogP contribution in [0, 0.1) is 13.8 Å². The maximum atomic E-state index is 13.6. The van der Waals surface area contributed by atoms with Crippen molar-refractivity contribution in [3.8, 4) is 5.69 Å². The van der Waals surface area contributed by atoms with Crippen molar-refractivity contribution in [3.05, 3.63) is 128 Å². The van der Waals surface area contributed by atoms with Crippen LogP contribution in [-0.2, 0) is 13.1 Å². The van der Waals surface area contributed by atoms with E-state index in [4.69, 9.17) is 0 Å². The molecule has 0 fully saturated rings. The topological polar surface area (TPSA) is 61.8 Å². The SMILES string of the molecule is Cc1cccc(-n2c(=O)n(Cc3ccccc3)c(=O)c3c2ncn3Cc2ccccc2C)c1. The molecule has 0 bridgehead atoms. The smallest absolute Gasteiger partial charge is 0.320 e. The van der Waals surface area contributed by atoms with Crippen molar-refractivity contribution in [1.82, 2.24) is 18.7 Å². The van der Waals surface area contributed by atoms with E-state index in [2.05, 4.69) is 4.98 Å². The summed E-state index contributed by atoms with van der Waals surface area (Å²) in [4.78, 5) is 31.8. The van der Waals surface area contributed by atoms with Crippen molar-refractivity contribution in [3.63, 3.8) is 0 Å². The lowest BCUT2D eigenvalue weighted by atomic mass is 10.1. The number of hydrogen-bond acceptors (Lipinski definition) is 3. The summed E-state index contributed by atoms with van der Waals surface area (Å²) in [6, 6.07) is 25.3. The third-order valence-corrected chi connectivity index (χ3v) is 5.95. The summed E-state index contributed by atoms with van der Waals surface area (Å²) in [6.45, 7) is 4.71. The van der Waals surface area contributed by atoms with Crippen molar-refractivity contribution in [1.29, 1.82) is 0 Å². The minimum absolute atomic E-state index is 0.190. The van der Waals surface area contributed by atoms with Crippen molar-refractivity contribution >= 4 is 11.2 Å². The van der Waals surface area contributed by atoms with E-state index < -0.39 is 5.69 Å². The molecular formula is C27H24N4O2. The van der Waals surface area contributed by atoms with Gasteiger partial charge in [-0.05, 0) is 48.2 Å². The van der Waals surface area contributed by atoms with Crippen molar-refractivity contribution in [2.45, 2.75) is 26.9 Å². The molecule has 0 saturated carbocycles. The van der Waals surface area contributed by atoms with E-state index in [9.17, 15) is 9.59 Å². The molecule has 0 aliphatic rings. The summed E-state index contributed by atoms with van der Waals surface area (Å²) in [5.41, 5.74) is 4.87. The third kappa shape index (κ3) is 3.80. The monoisotopic (exact) mass is 436 g/mol. The van der Waals surface area contributed by atoms with Crippen LogP contribution in [0.1, 0.15) is 22.3 Å². The third-order valence-electron chi connectivity index (χ3n) is 5.95. The number of benzene rings is 3. The van der Waals surface area contributed by atoms with Crippen LogP contribution >= 0.6 is 0 Å². The first-order chi connectivity index (χ1) is 16.0. The lowest BCUT2D eigenvalue weighted by molar-refractivity contribution is 0.677. The van der Waals surface area contributed by atoms with E-state index in [0.717, 1.165) is 22.3 Å². The minimum Gasteiger partial charge on any atom is -0.320 e. The molecule has 33 heavy (non-hydrogen) atoms. The van der Waals surface area contributed by atoms with Gasteiger partial charge in [0.2, 0.25) is 0 Å². The fourth-order valence-electron chi connectivity index (χ4n) is 4.18. The fraction of sp³-hybridized carbons (Fsp3) is 0.148. The summed E-state index contributed by atoms with van der Waals surface area (Å²) < 4.78 is 4.68. The highest BCUT2D eigenvalue weighted by Crippen LogP contribution is 2.17. The molecule has 5 aromatic rings. The molecule has 6 nitrogen and oxygen atoms in total. The van der Waals surface area contributed by atoms with Gasteiger partial charge in [-0.15, -0.1) is 0 Å². The van der Waals surface area contributed by atoms with Crippen LogP contribution in [-0.4, -0.2) is 18.7 Å². The molecule has 5 rings (SSSR count). The van der Waals surface area contributed by atoms with Gasteiger partial charge in [0.25, 0.3) is 5.56 Å². The summed E-state index contributed by atoms with van der Waals surface area (Å²) in [5.74, 6) is 0. The quantitative estimate of drug-likeness (QED) is 0.417. The van der Waals surface area contributed by atoms with Gasteiger partial charge in [0.1, 0.15) is 0 Å². The first-order valence-electron chi connectivity index (χ1n) is 10.9. The van der Waals surface area contributed by atoms with E-state index in [0.29, 0.717) is 23.4 Å². The predicted octanol–water partition coefficient (Wildman–Crippen LogP) is 4.06. The summed E-state index contributed by atoms with van der Waals surface area (Å²) in [5, 5.41) is 0. The molecule has 0 spiro atoms. The van der Waals surface area contributed by atoms with Gasteiger partial charge < -0.3 is 4.57 Å². The average molecular weight is 437 g/mol. The number of rotatable bonds is 5. The summed E-state index contributed by atoms with van der Waals surface area (Å²) in [7, 11) is 0. The second kappa shape index (κ2) is 8.39. The standard InChI is InChI=1S/C27H24N4O2/c1-19-9-8-14-23(15-19)31-25-24(29(18-28-25)17-22-13-7-6-10-20(22)2)26(32)30(27(31)33)16-21-11-4-3-5-12-21/h3-15,18H,16-17H2,1-2H3. The van der Waals surface area contributed by atoms with E-state index in [1.807, 2.05) is 97.3 Å². The van der Waals surface area contributed by atoms with Crippen LogP contribution < -0.4 is 11.2 Å². The summed E-state index contributed by atoms with van der Waals surface area (Å²) >= 11 is 0. The van der Waals surface area contributed by atoms with Gasteiger partial charge in [-0.3, -0.25) is 9.36 Å². The Morgan fingerprint density at radius 3 is 2.33 bits per heavy atom. The lowest BCUT2D eigenvalue weighted by Crippen LogP contribution is -2.40. The second-order valence-electron chi connectivity index (χ2n) is 8.31. The molecule has 0 amide bonds. The highest BCUT2D eigenvalue weighted by molar-refractivity contribution is 5.72. The Hall–Kier alpha value is -4.19. The Balaban J connectivity index is 1.78. The molecule has 0 unspecified atom stereocenters. The number of hydrogen-bond donors (Lipinski definition) is 0. The molecule has 0 radical (unpaired) electrons. The molecular weight excluding hydrogens is 412 g/mol. The van der Waals surface area contributed by atoms with Crippen LogP contribution in [0.3, 0.4) is 0 Å². The lowest BCUT2D eigenvalue weighted by Gasteiger charge is -2.14. The largest absolute Gasteiger partial charge is 0.337 e. The van der Waals surface area contributed by atoms with E-state index in [-0.39, 0.29) is 12.1 Å². The molecule has 0 aliphatic carbocycles. The molecule has 0 N–H and O–H groups in total. The second-order valence-corrected chi connectivity index (χ2v) is 8.31. The van der Waals surface area contributed by atoms with Gasteiger partial charge in [0.15, 0.2) is 11.2 Å². The number of nitrogens with zero attached hydrogens (tertiary/aromatic N) is 4. The zero-order valence-corrected chi connectivity index (χ0v) is 18.6. The Kier molecular flexibility index (Phi) is 5.26. The summed E-state index contributed by atoms with van der Waals surface area (Å²) in [6.07, 6.45) is 1.65. The molecule has 0 saturated heterocycles. The van der Waals surface area contributed by atoms with E-state index >= 15 is 0 Å². The maximum absolute atomic E-state index is 13.6. The zero-order chi connectivity index (χ0) is 22.9. The van der Waals surface area contributed by atoms with Gasteiger partial charge >= 0.3 is 5.69 Å². The fourth-order valence-corrected chi connectivity index (χ4v) is 4.18. The van der Waals surface area contributed by atoms with Crippen LogP contribution in [0.15, 0.2) is 94.8 Å². The number of imidazole rings is 1. The molecule has 0 aliphatic heterocycles. The normalized spacial score (nSPS) is 11.2. The van der Waals surface area contributed by atoms with Gasteiger partial charge in [-0.2, -0.15) is 0 Å². The molecule has 2 aromatic heterocycles. The molecule has 0 atom stereocenters. The van der Waals surface area contributed by atoms with E-state index in [1.54, 1.807) is 10.9 Å². The maximum Gasteiger partial charge on any atom is 0.337 e. The predicted molar refractivity (Wildman–Crippen MR) is 130 cm³/mol.